The SMILES string of the molecule is Clc1ccccc1C[n+]1c(COc2ccccc2)[nH]c2ccccc21. The van der Waals surface area contributed by atoms with Gasteiger partial charge in [0.1, 0.15) is 12.3 Å². The van der Waals surface area contributed by atoms with Crippen molar-refractivity contribution < 1.29 is 9.30 Å². The number of halogens is 1. The standard InChI is InChI=1S/C21H17ClN2O/c22-18-11-5-4-8-16(18)14-24-20-13-7-6-12-19(20)23-21(24)15-25-17-9-2-1-3-10-17/h1-13H,14-15H2/p+1. The zero-order valence-electron chi connectivity index (χ0n) is 13.7. The first-order chi connectivity index (χ1) is 12.3. The molecule has 0 radical (unpaired) electrons. The largest absolute Gasteiger partial charge is 0.481 e. The summed E-state index contributed by atoms with van der Waals surface area (Å²) in [6, 6.07) is 26.0. The lowest BCUT2D eigenvalue weighted by Crippen LogP contribution is -2.38. The molecule has 0 fully saturated rings. The molecular formula is C21H18ClN2O+. The van der Waals surface area contributed by atoms with Crippen molar-refractivity contribution in [2.24, 2.45) is 0 Å². The van der Waals surface area contributed by atoms with E-state index >= 15 is 0 Å². The number of ether oxygens (including phenoxy) is 1. The molecule has 4 aromatic rings. The number of aromatic amines is 1. The first-order valence-electron chi connectivity index (χ1n) is 8.22. The van der Waals surface area contributed by atoms with Crippen LogP contribution in [0, 0.1) is 0 Å². The van der Waals surface area contributed by atoms with Crippen LogP contribution in [0.25, 0.3) is 11.0 Å². The van der Waals surface area contributed by atoms with Gasteiger partial charge in [-0.2, -0.15) is 0 Å². The molecule has 0 amide bonds. The smallest absolute Gasteiger partial charge is 0.294 e. The molecule has 124 valence electrons. The van der Waals surface area contributed by atoms with E-state index in [4.69, 9.17) is 16.3 Å². The van der Waals surface area contributed by atoms with Crippen LogP contribution in [0.1, 0.15) is 11.4 Å². The molecule has 0 saturated carbocycles. The molecule has 1 aromatic heterocycles. The number of hydrogen-bond donors (Lipinski definition) is 1. The molecule has 1 N–H and O–H groups in total. The number of imidazole rings is 1. The maximum absolute atomic E-state index is 6.36. The van der Waals surface area contributed by atoms with Crippen LogP contribution in [0.15, 0.2) is 78.9 Å². The summed E-state index contributed by atoms with van der Waals surface area (Å²) < 4.78 is 8.17. The van der Waals surface area contributed by atoms with E-state index < -0.39 is 0 Å². The van der Waals surface area contributed by atoms with Crippen molar-refractivity contribution in [3.05, 3.63) is 95.3 Å². The van der Waals surface area contributed by atoms with E-state index in [-0.39, 0.29) is 0 Å². The highest BCUT2D eigenvalue weighted by molar-refractivity contribution is 6.31. The third-order valence-corrected chi connectivity index (χ3v) is 4.57. The molecule has 0 spiro atoms. The number of benzene rings is 3. The Labute approximate surface area is 151 Å². The zero-order chi connectivity index (χ0) is 17.1. The normalized spacial score (nSPS) is 10.9. The van der Waals surface area contributed by atoms with Crippen LogP contribution < -0.4 is 9.30 Å². The molecule has 4 rings (SSSR count). The fourth-order valence-corrected chi connectivity index (χ4v) is 3.14. The molecule has 25 heavy (non-hydrogen) atoms. The van der Waals surface area contributed by atoms with Crippen molar-refractivity contribution in [1.29, 1.82) is 0 Å². The van der Waals surface area contributed by atoms with Gasteiger partial charge in [-0.3, -0.25) is 0 Å². The Morgan fingerprint density at radius 1 is 0.840 bits per heavy atom. The minimum Gasteiger partial charge on any atom is -0.481 e. The average Bonchev–Trinajstić information content (AvgIpc) is 3.00. The van der Waals surface area contributed by atoms with Gasteiger partial charge < -0.3 is 4.74 Å². The minimum absolute atomic E-state index is 0.461. The summed E-state index contributed by atoms with van der Waals surface area (Å²) in [5, 5.41) is 0.773. The van der Waals surface area contributed by atoms with Crippen LogP contribution in [0.2, 0.25) is 5.02 Å². The van der Waals surface area contributed by atoms with Crippen molar-refractivity contribution in [2.45, 2.75) is 13.2 Å². The van der Waals surface area contributed by atoms with Crippen molar-refractivity contribution >= 4 is 22.6 Å². The third kappa shape index (κ3) is 3.37. The molecule has 0 bridgehead atoms. The molecule has 0 atom stereocenters. The number of hydrogen-bond acceptors (Lipinski definition) is 1. The van der Waals surface area contributed by atoms with Gasteiger partial charge in [0.2, 0.25) is 0 Å². The Morgan fingerprint density at radius 3 is 2.40 bits per heavy atom. The number of aromatic nitrogens is 2. The first-order valence-corrected chi connectivity index (χ1v) is 8.60. The van der Waals surface area contributed by atoms with Crippen molar-refractivity contribution in [3.63, 3.8) is 0 Å². The maximum Gasteiger partial charge on any atom is 0.294 e. The van der Waals surface area contributed by atoms with Gasteiger partial charge in [0.05, 0.1) is 0 Å². The summed E-state index contributed by atoms with van der Waals surface area (Å²) >= 11 is 6.36. The number of nitrogens with zero attached hydrogens (tertiary/aromatic N) is 1. The molecule has 3 nitrogen and oxygen atoms in total. The van der Waals surface area contributed by atoms with Gasteiger partial charge in [-0.05, 0) is 30.3 Å². The second kappa shape index (κ2) is 6.99. The number of fused-ring (bicyclic) bond motifs is 1. The molecular weight excluding hydrogens is 332 g/mol. The van der Waals surface area contributed by atoms with Crippen LogP contribution in [0.3, 0.4) is 0 Å². The van der Waals surface area contributed by atoms with E-state index in [1.54, 1.807) is 0 Å². The Hall–Kier alpha value is -2.78. The first kappa shape index (κ1) is 15.7. The molecule has 0 unspecified atom stereocenters. The highest BCUT2D eigenvalue weighted by Gasteiger charge is 2.19. The lowest BCUT2D eigenvalue weighted by molar-refractivity contribution is -0.671. The van der Waals surface area contributed by atoms with Gasteiger partial charge in [-0.1, -0.05) is 60.1 Å². The van der Waals surface area contributed by atoms with Gasteiger partial charge in [0.15, 0.2) is 17.6 Å². The van der Waals surface area contributed by atoms with Crippen molar-refractivity contribution in [2.75, 3.05) is 0 Å². The fraction of sp³-hybridized carbons (Fsp3) is 0.0952. The highest BCUT2D eigenvalue weighted by Crippen LogP contribution is 2.17. The molecule has 0 aliphatic rings. The minimum atomic E-state index is 0.461. The Bertz CT molecular complexity index is 995. The van der Waals surface area contributed by atoms with Crippen LogP contribution in [-0.2, 0) is 13.2 Å². The Morgan fingerprint density at radius 2 is 1.56 bits per heavy atom. The van der Waals surface area contributed by atoms with Gasteiger partial charge in [0, 0.05) is 10.6 Å². The topological polar surface area (TPSA) is 28.9 Å². The predicted molar refractivity (Wildman–Crippen MR) is 99.8 cm³/mol. The van der Waals surface area contributed by atoms with Crippen LogP contribution in [0.4, 0.5) is 0 Å². The monoisotopic (exact) mass is 349 g/mol. The van der Waals surface area contributed by atoms with Crippen molar-refractivity contribution in [1.82, 2.24) is 4.98 Å². The molecule has 4 heteroatoms. The molecule has 0 aliphatic carbocycles. The highest BCUT2D eigenvalue weighted by atomic mass is 35.5. The quantitative estimate of drug-likeness (QED) is 0.518. The molecule has 3 aromatic carbocycles. The van der Waals surface area contributed by atoms with Gasteiger partial charge in [0.25, 0.3) is 5.82 Å². The lowest BCUT2D eigenvalue weighted by atomic mass is 10.2. The van der Waals surface area contributed by atoms with Gasteiger partial charge in [-0.15, -0.1) is 0 Å². The van der Waals surface area contributed by atoms with Gasteiger partial charge >= 0.3 is 0 Å². The summed E-state index contributed by atoms with van der Waals surface area (Å²) in [5.74, 6) is 1.86. The van der Waals surface area contributed by atoms with E-state index in [9.17, 15) is 0 Å². The summed E-state index contributed by atoms with van der Waals surface area (Å²) in [6.45, 7) is 1.15. The number of H-pyrrole nitrogens is 1. The summed E-state index contributed by atoms with van der Waals surface area (Å²) in [5.41, 5.74) is 3.30. The molecule has 0 aliphatic heterocycles. The van der Waals surface area contributed by atoms with Gasteiger partial charge in [-0.25, -0.2) is 9.55 Å². The third-order valence-electron chi connectivity index (χ3n) is 4.20. The number of para-hydroxylation sites is 3. The van der Waals surface area contributed by atoms with E-state index in [1.807, 2.05) is 60.7 Å². The summed E-state index contributed by atoms with van der Waals surface area (Å²) in [6.07, 6.45) is 0. The summed E-state index contributed by atoms with van der Waals surface area (Å²) in [7, 11) is 0. The second-order valence-electron chi connectivity index (χ2n) is 5.87. The zero-order valence-corrected chi connectivity index (χ0v) is 14.4. The van der Waals surface area contributed by atoms with E-state index in [2.05, 4.69) is 27.8 Å². The summed E-state index contributed by atoms with van der Waals surface area (Å²) in [4.78, 5) is 3.47. The van der Waals surface area contributed by atoms with Crippen LogP contribution in [0.5, 0.6) is 5.75 Å². The van der Waals surface area contributed by atoms with Crippen LogP contribution >= 0.6 is 11.6 Å². The number of nitrogens with one attached hydrogen (secondary N) is 1. The second-order valence-corrected chi connectivity index (χ2v) is 6.28. The van der Waals surface area contributed by atoms with E-state index in [0.717, 1.165) is 33.2 Å². The maximum atomic E-state index is 6.36. The Balaban J connectivity index is 1.69. The molecule has 0 saturated heterocycles. The number of rotatable bonds is 5. The van der Waals surface area contributed by atoms with Crippen molar-refractivity contribution in [3.8, 4) is 5.75 Å². The lowest BCUT2D eigenvalue weighted by Gasteiger charge is -2.06. The predicted octanol–water partition coefficient (Wildman–Crippen LogP) is 4.74. The van der Waals surface area contributed by atoms with E-state index in [0.29, 0.717) is 13.2 Å². The van der Waals surface area contributed by atoms with E-state index in [1.165, 1.54) is 0 Å². The molecule has 1 heterocycles. The fourth-order valence-electron chi connectivity index (χ4n) is 2.94. The average molecular weight is 350 g/mol. The van der Waals surface area contributed by atoms with Crippen LogP contribution in [-0.4, -0.2) is 4.98 Å². The Kier molecular flexibility index (Phi) is 4.40.